The third-order valence-electron chi connectivity index (χ3n) is 2.78. The van der Waals surface area contributed by atoms with Crippen molar-refractivity contribution in [1.82, 2.24) is 0 Å². The number of hydrogen-bond donors (Lipinski definition) is 4. The summed E-state index contributed by atoms with van der Waals surface area (Å²) in [5.74, 6) is -0.957. The number of nitrogens with two attached hydrogens (primary N) is 2. The van der Waals surface area contributed by atoms with Crippen LogP contribution in [-0.4, -0.2) is 22.2 Å². The Labute approximate surface area is 93.7 Å². The van der Waals surface area contributed by atoms with Crippen molar-refractivity contribution in [3.8, 4) is 0 Å². The van der Waals surface area contributed by atoms with Crippen LogP contribution in [0.3, 0.4) is 0 Å². The van der Waals surface area contributed by atoms with Gasteiger partial charge in [0.15, 0.2) is 6.10 Å². The molecule has 88 valence electrons. The molecule has 6 N–H and O–H groups in total. The highest BCUT2D eigenvalue weighted by molar-refractivity contribution is 5.79. The van der Waals surface area contributed by atoms with E-state index in [-0.39, 0.29) is 0 Å². The topological polar surface area (TPSA) is 110 Å². The molecule has 0 aliphatic heterocycles. The predicted molar refractivity (Wildman–Crippen MR) is 60.5 cm³/mol. The van der Waals surface area contributed by atoms with E-state index in [0.717, 1.165) is 11.1 Å². The van der Waals surface area contributed by atoms with Gasteiger partial charge in [0.2, 0.25) is 5.91 Å². The van der Waals surface area contributed by atoms with Gasteiger partial charge in [-0.1, -0.05) is 6.07 Å². The zero-order valence-corrected chi connectivity index (χ0v) is 9.27. The van der Waals surface area contributed by atoms with Crippen LogP contribution in [0.5, 0.6) is 0 Å². The summed E-state index contributed by atoms with van der Waals surface area (Å²) in [6, 6.07) is 3.20. The average molecular weight is 224 g/mol. The first kappa shape index (κ1) is 12.5. The Morgan fingerprint density at radius 3 is 2.31 bits per heavy atom. The maximum Gasteiger partial charge on any atom is 0.249 e. The maximum atomic E-state index is 10.8. The van der Waals surface area contributed by atoms with Crippen LogP contribution >= 0.6 is 0 Å². The number of hydrogen-bond acceptors (Lipinski definition) is 4. The molecule has 0 fully saturated rings. The highest BCUT2D eigenvalue weighted by Crippen LogP contribution is 2.26. The van der Waals surface area contributed by atoms with E-state index in [9.17, 15) is 15.0 Å². The highest BCUT2D eigenvalue weighted by Gasteiger charge is 2.25. The minimum Gasteiger partial charge on any atom is -0.399 e. The zero-order valence-electron chi connectivity index (χ0n) is 9.27. The smallest absolute Gasteiger partial charge is 0.249 e. The Bertz CT molecular complexity index is 418. The van der Waals surface area contributed by atoms with E-state index in [2.05, 4.69) is 0 Å². The van der Waals surface area contributed by atoms with Crippen LogP contribution in [-0.2, 0) is 4.79 Å². The molecule has 1 aromatic carbocycles. The summed E-state index contributed by atoms with van der Waals surface area (Å²) in [5, 5.41) is 19.1. The Morgan fingerprint density at radius 2 is 1.81 bits per heavy atom. The first-order valence-corrected chi connectivity index (χ1v) is 4.87. The molecule has 16 heavy (non-hydrogen) atoms. The molecule has 0 aliphatic rings. The highest BCUT2D eigenvalue weighted by atomic mass is 16.3. The number of nitrogen functional groups attached to an aromatic ring is 1. The van der Waals surface area contributed by atoms with E-state index in [1.165, 1.54) is 0 Å². The van der Waals surface area contributed by atoms with Crippen LogP contribution in [0.1, 0.15) is 22.8 Å². The molecule has 5 heteroatoms. The lowest BCUT2D eigenvalue weighted by atomic mass is 9.95. The summed E-state index contributed by atoms with van der Waals surface area (Å²) >= 11 is 0. The number of carbonyl (C=O) groups is 1. The Kier molecular flexibility index (Phi) is 3.51. The number of aliphatic hydroxyl groups excluding tert-OH is 2. The molecule has 0 saturated carbocycles. The molecule has 5 nitrogen and oxygen atoms in total. The molecule has 0 radical (unpaired) electrons. The number of carbonyl (C=O) groups excluding carboxylic acids is 1. The SMILES string of the molecule is Cc1c(N)ccc(C(O)C(O)C(N)=O)c1C. The molecule has 0 spiro atoms. The lowest BCUT2D eigenvalue weighted by molar-refractivity contribution is -0.132. The van der Waals surface area contributed by atoms with E-state index in [1.54, 1.807) is 26.0 Å². The first-order valence-electron chi connectivity index (χ1n) is 4.87. The van der Waals surface area contributed by atoms with Gasteiger partial charge in [0.1, 0.15) is 6.10 Å². The second-order valence-corrected chi connectivity index (χ2v) is 3.79. The normalized spacial score (nSPS) is 14.5. The second-order valence-electron chi connectivity index (χ2n) is 3.79. The van der Waals surface area contributed by atoms with Crippen LogP contribution < -0.4 is 11.5 Å². The molecule has 1 amide bonds. The quantitative estimate of drug-likeness (QED) is 0.531. The molecular weight excluding hydrogens is 208 g/mol. The lowest BCUT2D eigenvalue weighted by Crippen LogP contribution is -2.34. The van der Waals surface area contributed by atoms with Crippen molar-refractivity contribution in [3.05, 3.63) is 28.8 Å². The Morgan fingerprint density at radius 1 is 1.25 bits per heavy atom. The average Bonchev–Trinajstić information content (AvgIpc) is 2.24. The third kappa shape index (κ3) is 2.15. The number of aliphatic hydroxyl groups is 2. The molecule has 1 aromatic rings. The van der Waals surface area contributed by atoms with E-state index in [0.29, 0.717) is 11.3 Å². The standard InChI is InChI=1S/C11H16N2O3/c1-5-6(2)8(12)4-3-7(5)9(14)10(15)11(13)16/h3-4,9-10,14-15H,12H2,1-2H3,(H2,13,16). The van der Waals surface area contributed by atoms with E-state index < -0.39 is 18.1 Å². The van der Waals surface area contributed by atoms with Crippen LogP contribution in [0.15, 0.2) is 12.1 Å². The van der Waals surface area contributed by atoms with Gasteiger partial charge in [-0.15, -0.1) is 0 Å². The monoisotopic (exact) mass is 224 g/mol. The van der Waals surface area contributed by atoms with Gasteiger partial charge in [-0.2, -0.15) is 0 Å². The Balaban J connectivity index is 3.14. The molecule has 0 aliphatic carbocycles. The van der Waals surface area contributed by atoms with Crippen LogP contribution in [0.4, 0.5) is 5.69 Å². The summed E-state index contributed by atoms with van der Waals surface area (Å²) < 4.78 is 0. The van der Waals surface area contributed by atoms with Crippen molar-refractivity contribution in [2.24, 2.45) is 5.73 Å². The van der Waals surface area contributed by atoms with Crippen molar-refractivity contribution in [2.45, 2.75) is 26.1 Å². The summed E-state index contributed by atoms with van der Waals surface area (Å²) in [6.45, 7) is 3.56. The van der Waals surface area contributed by atoms with Gasteiger partial charge in [-0.05, 0) is 36.6 Å². The number of primary amides is 1. The fourth-order valence-electron chi connectivity index (χ4n) is 1.51. The lowest BCUT2D eigenvalue weighted by Gasteiger charge is -2.19. The molecule has 0 bridgehead atoms. The number of anilines is 1. The molecule has 0 saturated heterocycles. The van der Waals surface area contributed by atoms with Crippen molar-refractivity contribution in [1.29, 1.82) is 0 Å². The Hall–Kier alpha value is -1.59. The first-order chi connectivity index (χ1) is 7.36. The van der Waals surface area contributed by atoms with E-state index in [1.807, 2.05) is 0 Å². The minimum atomic E-state index is -1.61. The van der Waals surface area contributed by atoms with Gasteiger partial charge in [0, 0.05) is 5.69 Å². The number of rotatable bonds is 3. The number of benzene rings is 1. The predicted octanol–water partition coefficient (Wildman–Crippen LogP) is -0.235. The van der Waals surface area contributed by atoms with E-state index >= 15 is 0 Å². The fourth-order valence-corrected chi connectivity index (χ4v) is 1.51. The molecule has 0 heterocycles. The van der Waals surface area contributed by atoms with Gasteiger partial charge < -0.3 is 21.7 Å². The molecule has 1 rings (SSSR count). The zero-order chi connectivity index (χ0) is 12.5. The van der Waals surface area contributed by atoms with Crippen molar-refractivity contribution < 1.29 is 15.0 Å². The molecule has 0 aromatic heterocycles. The third-order valence-corrected chi connectivity index (χ3v) is 2.78. The molecule has 2 unspecified atom stereocenters. The van der Waals surface area contributed by atoms with Crippen LogP contribution in [0, 0.1) is 13.8 Å². The van der Waals surface area contributed by atoms with Crippen LogP contribution in [0.25, 0.3) is 0 Å². The van der Waals surface area contributed by atoms with Gasteiger partial charge in [0.25, 0.3) is 0 Å². The van der Waals surface area contributed by atoms with E-state index in [4.69, 9.17) is 11.5 Å². The summed E-state index contributed by atoms with van der Waals surface area (Å²) in [7, 11) is 0. The van der Waals surface area contributed by atoms with Crippen molar-refractivity contribution >= 4 is 11.6 Å². The van der Waals surface area contributed by atoms with Gasteiger partial charge in [-0.3, -0.25) is 4.79 Å². The van der Waals surface area contributed by atoms with Gasteiger partial charge >= 0.3 is 0 Å². The fraction of sp³-hybridized carbons (Fsp3) is 0.364. The second kappa shape index (κ2) is 4.51. The van der Waals surface area contributed by atoms with Crippen LogP contribution in [0.2, 0.25) is 0 Å². The summed E-state index contributed by atoms with van der Waals surface area (Å²) in [4.78, 5) is 10.8. The van der Waals surface area contributed by atoms with Gasteiger partial charge in [-0.25, -0.2) is 0 Å². The summed E-state index contributed by atoms with van der Waals surface area (Å²) in [6.07, 6.45) is -2.93. The van der Waals surface area contributed by atoms with Crippen molar-refractivity contribution in [2.75, 3.05) is 5.73 Å². The number of amides is 1. The van der Waals surface area contributed by atoms with Crippen molar-refractivity contribution in [3.63, 3.8) is 0 Å². The molecule has 2 atom stereocenters. The largest absolute Gasteiger partial charge is 0.399 e. The van der Waals surface area contributed by atoms with Gasteiger partial charge in [0.05, 0.1) is 0 Å². The summed E-state index contributed by atoms with van der Waals surface area (Å²) in [5.41, 5.74) is 13.2. The maximum absolute atomic E-state index is 10.8. The minimum absolute atomic E-state index is 0.456. The molecular formula is C11H16N2O3.